The molecule has 2 aromatic carbocycles. The van der Waals surface area contributed by atoms with E-state index in [4.69, 9.17) is 0 Å². The Kier molecular flexibility index (Phi) is 7.79. The van der Waals surface area contributed by atoms with E-state index in [1.165, 1.54) is 11.0 Å². The molecule has 0 aliphatic carbocycles. The van der Waals surface area contributed by atoms with Crippen molar-refractivity contribution in [3.63, 3.8) is 0 Å². The normalized spacial score (nSPS) is 11.5. The van der Waals surface area contributed by atoms with Crippen LogP contribution in [0.1, 0.15) is 10.4 Å². The lowest BCUT2D eigenvalue weighted by Gasteiger charge is -2.22. The summed E-state index contributed by atoms with van der Waals surface area (Å²) in [5.74, 6) is -2.99. The minimum Gasteiger partial charge on any atom is -0.406 e. The molecule has 0 saturated carbocycles. The van der Waals surface area contributed by atoms with Gasteiger partial charge in [-0.2, -0.15) is 0 Å². The number of nitrogens with zero attached hydrogens (tertiary/aromatic N) is 3. The predicted molar refractivity (Wildman–Crippen MR) is 110 cm³/mol. The third-order valence-corrected chi connectivity index (χ3v) is 5.03. The van der Waals surface area contributed by atoms with Gasteiger partial charge in [-0.1, -0.05) is 11.3 Å². The number of ether oxygens (including phenoxy) is 1. The summed E-state index contributed by atoms with van der Waals surface area (Å²) >= 11 is 0.961. The lowest BCUT2D eigenvalue weighted by Crippen LogP contribution is -2.37. The van der Waals surface area contributed by atoms with Crippen molar-refractivity contribution in [2.75, 3.05) is 32.1 Å². The molecule has 1 aromatic heterocycles. The number of hydrogen-bond acceptors (Lipinski definition) is 5. The second-order valence-corrected chi connectivity index (χ2v) is 7.57. The highest BCUT2D eigenvalue weighted by Gasteiger charge is 2.31. The molecule has 3 rings (SSSR count). The number of thiazole rings is 1. The van der Waals surface area contributed by atoms with E-state index in [1.54, 1.807) is 19.0 Å². The standard InChI is InChI=1S/C19H16F5N3O2S.ClH/c1-26(2)7-8-27(17(28)13-5-3-11(20)9-14(13)21)18-25-15-6-4-12(10-16(15)30-18)29-19(22,23)24;/h3-6,9-10H,7-8H2,1-2H3;1H. The average molecular weight is 482 g/mol. The Morgan fingerprint density at radius 2 is 1.81 bits per heavy atom. The summed E-state index contributed by atoms with van der Waals surface area (Å²) in [5, 5.41) is 0.171. The zero-order valence-electron chi connectivity index (χ0n) is 16.2. The number of halogens is 6. The number of anilines is 1. The summed E-state index contributed by atoms with van der Waals surface area (Å²) in [5.41, 5.74) is 0.0160. The van der Waals surface area contributed by atoms with Crippen LogP contribution in [0.5, 0.6) is 5.75 Å². The van der Waals surface area contributed by atoms with Gasteiger partial charge in [0.25, 0.3) is 5.91 Å². The fraction of sp³-hybridized carbons (Fsp3) is 0.263. The highest BCUT2D eigenvalue weighted by molar-refractivity contribution is 7.22. The second-order valence-electron chi connectivity index (χ2n) is 6.56. The first kappa shape index (κ1) is 24.8. The molecule has 0 bridgehead atoms. The Labute approximate surface area is 184 Å². The van der Waals surface area contributed by atoms with Crippen molar-refractivity contribution in [1.82, 2.24) is 9.88 Å². The number of benzene rings is 2. The van der Waals surface area contributed by atoms with Gasteiger partial charge in [-0.15, -0.1) is 25.6 Å². The molecule has 0 atom stereocenters. The van der Waals surface area contributed by atoms with Gasteiger partial charge in [-0.25, -0.2) is 13.8 Å². The molecular formula is C19H17ClF5N3O2S. The van der Waals surface area contributed by atoms with Crippen LogP contribution in [-0.4, -0.2) is 49.3 Å². The highest BCUT2D eigenvalue weighted by Crippen LogP contribution is 2.34. The molecule has 0 aliphatic heterocycles. The highest BCUT2D eigenvalue weighted by atomic mass is 35.5. The Hall–Kier alpha value is -2.50. The summed E-state index contributed by atoms with van der Waals surface area (Å²) in [7, 11) is 3.56. The molecule has 0 spiro atoms. The van der Waals surface area contributed by atoms with Crippen LogP contribution < -0.4 is 9.64 Å². The maximum Gasteiger partial charge on any atom is 0.573 e. The molecular weight excluding hydrogens is 465 g/mol. The molecule has 12 heteroatoms. The van der Waals surface area contributed by atoms with E-state index in [1.807, 2.05) is 0 Å². The third-order valence-electron chi connectivity index (χ3n) is 3.99. The Balaban J connectivity index is 0.00000341. The Morgan fingerprint density at radius 3 is 2.42 bits per heavy atom. The summed E-state index contributed by atoms with van der Waals surface area (Å²) < 4.78 is 69.0. The largest absolute Gasteiger partial charge is 0.573 e. The average Bonchev–Trinajstić information content (AvgIpc) is 3.02. The monoisotopic (exact) mass is 481 g/mol. The molecule has 0 aliphatic rings. The van der Waals surface area contributed by atoms with Gasteiger partial charge in [-0.05, 0) is 38.4 Å². The Morgan fingerprint density at radius 1 is 1.10 bits per heavy atom. The number of fused-ring (bicyclic) bond motifs is 1. The van der Waals surface area contributed by atoms with Crippen molar-refractivity contribution in [1.29, 1.82) is 0 Å². The van der Waals surface area contributed by atoms with E-state index in [0.717, 1.165) is 35.6 Å². The number of likely N-dealkylation sites (N-methyl/N-ethyl adjacent to an activating group) is 1. The van der Waals surface area contributed by atoms with E-state index in [-0.39, 0.29) is 29.6 Å². The fourth-order valence-electron chi connectivity index (χ4n) is 2.60. The van der Waals surface area contributed by atoms with E-state index in [9.17, 15) is 26.7 Å². The smallest absolute Gasteiger partial charge is 0.406 e. The molecule has 1 amide bonds. The first-order chi connectivity index (χ1) is 14.0. The first-order valence-corrected chi connectivity index (χ1v) is 9.43. The van der Waals surface area contributed by atoms with Crippen molar-refractivity contribution in [2.45, 2.75) is 6.36 Å². The lowest BCUT2D eigenvalue weighted by atomic mass is 10.2. The molecule has 1 heterocycles. The van der Waals surface area contributed by atoms with Gasteiger partial charge in [0.2, 0.25) is 0 Å². The van der Waals surface area contributed by atoms with Crippen LogP contribution in [0.4, 0.5) is 27.1 Å². The summed E-state index contributed by atoms with van der Waals surface area (Å²) in [4.78, 5) is 20.3. The number of alkyl halides is 3. The van der Waals surface area contributed by atoms with Crippen molar-refractivity contribution in [3.05, 3.63) is 53.6 Å². The molecule has 3 aromatic rings. The van der Waals surface area contributed by atoms with Crippen molar-refractivity contribution < 1.29 is 31.5 Å². The van der Waals surface area contributed by atoms with Gasteiger partial charge in [0.1, 0.15) is 17.4 Å². The zero-order chi connectivity index (χ0) is 22.1. The number of rotatable bonds is 6. The van der Waals surface area contributed by atoms with Crippen LogP contribution in [0.25, 0.3) is 10.2 Å². The van der Waals surface area contributed by atoms with E-state index >= 15 is 0 Å². The van der Waals surface area contributed by atoms with E-state index < -0.39 is 29.7 Å². The molecule has 168 valence electrons. The predicted octanol–water partition coefficient (Wildman–Crippen LogP) is 5.10. The fourth-order valence-corrected chi connectivity index (χ4v) is 3.62. The van der Waals surface area contributed by atoms with Gasteiger partial charge in [0, 0.05) is 25.2 Å². The maximum absolute atomic E-state index is 14.2. The minimum absolute atomic E-state index is 0. The summed E-state index contributed by atoms with van der Waals surface area (Å²) in [6.45, 7) is 0.543. The quantitative estimate of drug-likeness (QED) is 0.459. The first-order valence-electron chi connectivity index (χ1n) is 8.61. The Bertz CT molecular complexity index is 1070. The molecule has 0 unspecified atom stereocenters. The van der Waals surface area contributed by atoms with Crippen LogP contribution >= 0.6 is 23.7 Å². The lowest BCUT2D eigenvalue weighted by molar-refractivity contribution is -0.274. The molecule has 5 nitrogen and oxygen atoms in total. The number of aromatic nitrogens is 1. The van der Waals surface area contributed by atoms with E-state index in [2.05, 4.69) is 9.72 Å². The van der Waals surface area contributed by atoms with Crippen LogP contribution in [0.2, 0.25) is 0 Å². The number of amides is 1. The second kappa shape index (κ2) is 9.75. The third kappa shape index (κ3) is 6.25. The molecule has 0 fully saturated rings. The van der Waals surface area contributed by atoms with Crippen LogP contribution in [0.15, 0.2) is 36.4 Å². The summed E-state index contributed by atoms with van der Waals surface area (Å²) in [6.07, 6.45) is -4.84. The van der Waals surface area contributed by atoms with Gasteiger partial charge < -0.3 is 9.64 Å². The van der Waals surface area contributed by atoms with Crippen molar-refractivity contribution in [2.24, 2.45) is 0 Å². The molecule has 0 saturated heterocycles. The van der Waals surface area contributed by atoms with Gasteiger partial charge in [-0.3, -0.25) is 9.69 Å². The summed E-state index contributed by atoms with van der Waals surface area (Å²) in [6, 6.07) is 6.24. The topological polar surface area (TPSA) is 45.7 Å². The number of hydrogen-bond donors (Lipinski definition) is 0. The van der Waals surface area contributed by atoms with Crippen LogP contribution in [0, 0.1) is 11.6 Å². The number of carbonyl (C=O) groups is 1. The maximum atomic E-state index is 14.2. The SMILES string of the molecule is CN(C)CCN(C(=O)c1ccc(F)cc1F)c1nc2ccc(OC(F)(F)F)cc2s1.Cl. The van der Waals surface area contributed by atoms with Crippen molar-refractivity contribution >= 4 is 45.0 Å². The van der Waals surface area contributed by atoms with Crippen LogP contribution in [-0.2, 0) is 0 Å². The van der Waals surface area contributed by atoms with E-state index in [0.29, 0.717) is 22.8 Å². The van der Waals surface area contributed by atoms with Gasteiger partial charge in [0.15, 0.2) is 5.13 Å². The van der Waals surface area contributed by atoms with Gasteiger partial charge >= 0.3 is 6.36 Å². The van der Waals surface area contributed by atoms with Crippen molar-refractivity contribution in [3.8, 4) is 5.75 Å². The van der Waals surface area contributed by atoms with Gasteiger partial charge in [0.05, 0.1) is 15.8 Å². The van der Waals surface area contributed by atoms with Crippen LogP contribution in [0.3, 0.4) is 0 Å². The molecule has 31 heavy (non-hydrogen) atoms. The number of carbonyl (C=O) groups excluding carboxylic acids is 1. The molecule has 0 radical (unpaired) electrons. The zero-order valence-corrected chi connectivity index (χ0v) is 17.9. The minimum atomic E-state index is -4.84. The molecule has 0 N–H and O–H groups in total.